The van der Waals surface area contributed by atoms with Crippen LogP contribution in [0.2, 0.25) is 0 Å². The van der Waals surface area contributed by atoms with Crippen molar-refractivity contribution in [2.45, 2.75) is 38.8 Å². The maximum absolute atomic E-state index is 10.6. The molecule has 1 aromatic rings. The van der Waals surface area contributed by atoms with Crippen LogP contribution in [0.25, 0.3) is 0 Å². The maximum Gasteiger partial charge on any atom is 0.191 e. The molecule has 0 spiro atoms. The van der Waals surface area contributed by atoms with Crippen molar-refractivity contribution in [3.8, 4) is 11.5 Å². The Morgan fingerprint density at radius 3 is 2.50 bits per heavy atom. The van der Waals surface area contributed by atoms with E-state index in [2.05, 4.69) is 34.0 Å². The number of aliphatic hydroxyl groups is 1. The van der Waals surface area contributed by atoms with Gasteiger partial charge in [-0.1, -0.05) is 18.2 Å². The molecule has 1 heterocycles. The molecule has 0 bridgehead atoms. The summed E-state index contributed by atoms with van der Waals surface area (Å²) in [5.74, 6) is 1.98. The molecule has 1 atom stereocenters. The Labute approximate surface area is 197 Å². The van der Waals surface area contributed by atoms with Crippen LogP contribution in [0.4, 0.5) is 0 Å². The topological polar surface area (TPSA) is 78.4 Å². The monoisotopic (exact) mass is 532 g/mol. The molecule has 1 saturated heterocycles. The highest BCUT2D eigenvalue weighted by Crippen LogP contribution is 2.30. The van der Waals surface area contributed by atoms with Crippen LogP contribution in [-0.4, -0.2) is 69.0 Å². The zero-order valence-corrected chi connectivity index (χ0v) is 20.9. The molecule has 3 N–H and O–H groups in total. The SMILES string of the molecule is C=C(C)CN1CCC(NC(=NCC(O)c2ccc(OC)c(OC)c2)NCC)CC1.I. The minimum absolute atomic E-state index is 0. The Morgan fingerprint density at radius 2 is 1.93 bits per heavy atom. The van der Waals surface area contributed by atoms with E-state index in [0.717, 1.165) is 50.5 Å². The molecule has 0 aromatic heterocycles. The molecule has 1 unspecified atom stereocenters. The average molecular weight is 532 g/mol. The van der Waals surface area contributed by atoms with Gasteiger partial charge >= 0.3 is 0 Å². The third-order valence-corrected chi connectivity index (χ3v) is 4.98. The molecule has 7 nitrogen and oxygen atoms in total. The number of aliphatic hydroxyl groups excluding tert-OH is 1. The van der Waals surface area contributed by atoms with E-state index >= 15 is 0 Å². The lowest BCUT2D eigenvalue weighted by atomic mass is 10.0. The van der Waals surface area contributed by atoms with Crippen molar-refractivity contribution in [3.05, 3.63) is 35.9 Å². The van der Waals surface area contributed by atoms with Crippen molar-refractivity contribution in [2.24, 2.45) is 4.99 Å². The molecule has 0 amide bonds. The van der Waals surface area contributed by atoms with Crippen molar-refractivity contribution in [3.63, 3.8) is 0 Å². The Balaban J connectivity index is 0.00000450. The van der Waals surface area contributed by atoms with E-state index in [1.807, 2.05) is 13.0 Å². The summed E-state index contributed by atoms with van der Waals surface area (Å²) in [7, 11) is 3.18. The number of rotatable bonds is 9. The second-order valence-corrected chi connectivity index (χ2v) is 7.50. The first-order chi connectivity index (χ1) is 14.0. The molecular weight excluding hydrogens is 495 g/mol. The number of ether oxygens (including phenoxy) is 2. The minimum Gasteiger partial charge on any atom is -0.493 e. The predicted molar refractivity (Wildman–Crippen MR) is 133 cm³/mol. The van der Waals surface area contributed by atoms with Crippen LogP contribution >= 0.6 is 24.0 Å². The molecule has 0 aliphatic carbocycles. The molecule has 1 aliphatic heterocycles. The van der Waals surface area contributed by atoms with E-state index in [1.54, 1.807) is 26.4 Å². The quantitative estimate of drug-likeness (QED) is 0.197. The first kappa shape index (κ1) is 26.5. The molecule has 1 aliphatic rings. The fourth-order valence-corrected chi connectivity index (χ4v) is 3.47. The molecule has 1 aromatic carbocycles. The minimum atomic E-state index is -0.720. The van der Waals surface area contributed by atoms with E-state index in [0.29, 0.717) is 17.5 Å². The van der Waals surface area contributed by atoms with Gasteiger partial charge in [-0.3, -0.25) is 9.89 Å². The Bertz CT molecular complexity index is 691. The van der Waals surface area contributed by atoms with Crippen LogP contribution < -0.4 is 20.1 Å². The second kappa shape index (κ2) is 13.7. The number of nitrogens with zero attached hydrogens (tertiary/aromatic N) is 2. The number of aliphatic imine (C=N–C) groups is 1. The molecule has 0 saturated carbocycles. The molecule has 170 valence electrons. The predicted octanol–water partition coefficient (Wildman–Crippen LogP) is 2.95. The van der Waals surface area contributed by atoms with Gasteiger partial charge in [0.15, 0.2) is 17.5 Å². The summed E-state index contributed by atoms with van der Waals surface area (Å²) in [6.45, 7) is 12.2. The van der Waals surface area contributed by atoms with Gasteiger partial charge in [0.2, 0.25) is 0 Å². The highest BCUT2D eigenvalue weighted by Gasteiger charge is 2.20. The average Bonchev–Trinajstić information content (AvgIpc) is 2.72. The number of methoxy groups -OCH3 is 2. The maximum atomic E-state index is 10.6. The highest BCUT2D eigenvalue weighted by molar-refractivity contribution is 14.0. The molecule has 30 heavy (non-hydrogen) atoms. The zero-order chi connectivity index (χ0) is 21.2. The van der Waals surface area contributed by atoms with Crippen LogP contribution in [0.3, 0.4) is 0 Å². The number of guanidine groups is 1. The van der Waals surface area contributed by atoms with E-state index in [1.165, 1.54) is 5.57 Å². The van der Waals surface area contributed by atoms with Crippen LogP contribution in [0.1, 0.15) is 38.4 Å². The lowest BCUT2D eigenvalue weighted by Gasteiger charge is -2.33. The van der Waals surface area contributed by atoms with E-state index < -0.39 is 6.10 Å². The first-order valence-electron chi connectivity index (χ1n) is 10.3. The molecular formula is C22H37IN4O3. The van der Waals surface area contributed by atoms with Gasteiger partial charge in [0.05, 0.1) is 26.9 Å². The fourth-order valence-electron chi connectivity index (χ4n) is 3.47. The number of hydrogen-bond donors (Lipinski definition) is 3. The van der Waals surface area contributed by atoms with Crippen LogP contribution in [0, 0.1) is 0 Å². The third kappa shape index (κ3) is 8.31. The van der Waals surface area contributed by atoms with E-state index in [4.69, 9.17) is 9.47 Å². The molecule has 1 fully saturated rings. The normalized spacial score (nSPS) is 16.4. The van der Waals surface area contributed by atoms with Crippen LogP contribution in [-0.2, 0) is 0 Å². The second-order valence-electron chi connectivity index (χ2n) is 7.50. The van der Waals surface area contributed by atoms with Gasteiger partial charge in [0.25, 0.3) is 0 Å². The van der Waals surface area contributed by atoms with Crippen molar-refractivity contribution >= 4 is 29.9 Å². The fraction of sp³-hybridized carbons (Fsp3) is 0.591. The Hall–Kier alpha value is -1.52. The van der Waals surface area contributed by atoms with Gasteiger partial charge in [-0.2, -0.15) is 0 Å². The summed E-state index contributed by atoms with van der Waals surface area (Å²) in [5, 5.41) is 17.4. The standard InChI is InChI=1S/C22H36N4O3.HI/c1-6-23-22(25-18-9-11-26(12-10-18)15-16(2)3)24-14-19(27)17-7-8-20(28-4)21(13-17)29-5;/h7-8,13,18-19,27H,2,6,9-12,14-15H2,1,3-5H3,(H2,23,24,25);1H. The van der Waals surface area contributed by atoms with Gasteiger partial charge in [0.1, 0.15) is 0 Å². The Morgan fingerprint density at radius 1 is 1.27 bits per heavy atom. The van der Waals surface area contributed by atoms with Crippen molar-refractivity contribution in [2.75, 3.05) is 46.9 Å². The summed E-state index contributed by atoms with van der Waals surface area (Å²) in [6, 6.07) is 5.80. The van der Waals surface area contributed by atoms with Crippen LogP contribution in [0.5, 0.6) is 11.5 Å². The van der Waals surface area contributed by atoms with Gasteiger partial charge in [-0.05, 0) is 44.4 Å². The highest BCUT2D eigenvalue weighted by atomic mass is 127. The summed E-state index contributed by atoms with van der Waals surface area (Å²) >= 11 is 0. The van der Waals surface area contributed by atoms with Gasteiger partial charge in [-0.25, -0.2) is 0 Å². The molecule has 2 rings (SSSR count). The largest absolute Gasteiger partial charge is 0.493 e. The number of piperidine rings is 1. The van der Waals surface area contributed by atoms with Gasteiger partial charge < -0.3 is 25.2 Å². The lowest BCUT2D eigenvalue weighted by molar-refractivity contribution is 0.186. The smallest absolute Gasteiger partial charge is 0.191 e. The van der Waals surface area contributed by atoms with Gasteiger partial charge in [0, 0.05) is 32.2 Å². The zero-order valence-electron chi connectivity index (χ0n) is 18.6. The summed E-state index contributed by atoms with van der Waals surface area (Å²) < 4.78 is 10.6. The lowest BCUT2D eigenvalue weighted by Crippen LogP contribution is -2.49. The first-order valence-corrected chi connectivity index (χ1v) is 10.3. The summed E-state index contributed by atoms with van der Waals surface area (Å²) in [4.78, 5) is 7.03. The van der Waals surface area contributed by atoms with Gasteiger partial charge in [-0.15, -0.1) is 24.0 Å². The molecule has 8 heteroatoms. The number of likely N-dealkylation sites (tertiary alicyclic amines) is 1. The molecule has 0 radical (unpaired) electrons. The van der Waals surface area contributed by atoms with Crippen molar-refractivity contribution in [1.82, 2.24) is 15.5 Å². The third-order valence-electron chi connectivity index (χ3n) is 4.98. The Kier molecular flexibility index (Phi) is 12.1. The number of halogens is 1. The summed E-state index contributed by atoms with van der Waals surface area (Å²) in [5.41, 5.74) is 1.95. The van der Waals surface area contributed by atoms with Crippen molar-refractivity contribution in [1.29, 1.82) is 0 Å². The number of nitrogens with one attached hydrogen (secondary N) is 2. The van der Waals surface area contributed by atoms with E-state index in [-0.39, 0.29) is 30.5 Å². The van der Waals surface area contributed by atoms with Crippen LogP contribution in [0.15, 0.2) is 35.3 Å². The number of benzene rings is 1. The van der Waals surface area contributed by atoms with E-state index in [9.17, 15) is 5.11 Å². The summed E-state index contributed by atoms with van der Waals surface area (Å²) in [6.07, 6.45) is 1.41. The number of hydrogen-bond acceptors (Lipinski definition) is 5. The van der Waals surface area contributed by atoms with Crippen molar-refractivity contribution < 1.29 is 14.6 Å².